The largest absolute Gasteiger partial charge is 0.390 e. The smallest absolute Gasteiger partial charge is 0.254 e. The van der Waals surface area contributed by atoms with Gasteiger partial charge in [0, 0.05) is 11.7 Å². The minimum atomic E-state index is -0.464. The number of nitrogens with zero attached hydrogens (tertiary/aromatic N) is 2. The minimum Gasteiger partial charge on any atom is -0.390 e. The van der Waals surface area contributed by atoms with Gasteiger partial charge in [-0.25, -0.2) is 0 Å². The summed E-state index contributed by atoms with van der Waals surface area (Å²) in [5.74, 6) is 1.64. The quantitative estimate of drug-likeness (QED) is 0.866. The average molecular weight is 345 g/mol. The molecule has 2 N–H and O–H groups in total. The summed E-state index contributed by atoms with van der Waals surface area (Å²) in [5, 5.41) is 18.5. The van der Waals surface area contributed by atoms with Crippen LogP contribution < -0.4 is 5.32 Å². The second-order valence-electron chi connectivity index (χ2n) is 9.75. The Balaban J connectivity index is 1.53. The predicted octanol–water partition coefficient (Wildman–Crippen LogP) is 3.01. The first-order valence-electron chi connectivity index (χ1n) is 9.75. The van der Waals surface area contributed by atoms with Crippen molar-refractivity contribution >= 4 is 5.91 Å². The number of nitrogens with one attached hydrogen (secondary N) is 1. The van der Waals surface area contributed by atoms with Gasteiger partial charge in [0.05, 0.1) is 22.9 Å². The molecule has 0 aromatic carbocycles. The highest BCUT2D eigenvalue weighted by Crippen LogP contribution is 2.55. The van der Waals surface area contributed by atoms with Crippen LogP contribution in [0.5, 0.6) is 0 Å². The summed E-state index contributed by atoms with van der Waals surface area (Å²) in [6.45, 7) is 8.25. The van der Waals surface area contributed by atoms with E-state index in [2.05, 4.69) is 31.2 Å². The second-order valence-corrected chi connectivity index (χ2v) is 9.75. The Kier molecular flexibility index (Phi) is 3.80. The zero-order valence-corrected chi connectivity index (χ0v) is 15.9. The monoisotopic (exact) mass is 345 g/mol. The molecular weight excluding hydrogens is 314 g/mol. The van der Waals surface area contributed by atoms with Gasteiger partial charge in [-0.15, -0.1) is 0 Å². The number of fused-ring (bicyclic) bond motifs is 2. The van der Waals surface area contributed by atoms with Gasteiger partial charge in [-0.3, -0.25) is 9.48 Å². The fourth-order valence-electron chi connectivity index (χ4n) is 5.86. The van der Waals surface area contributed by atoms with Crippen molar-refractivity contribution in [2.24, 2.45) is 17.8 Å². The van der Waals surface area contributed by atoms with E-state index < -0.39 is 5.60 Å². The lowest BCUT2D eigenvalue weighted by Crippen LogP contribution is -2.42. The van der Waals surface area contributed by atoms with Gasteiger partial charge in [0.2, 0.25) is 0 Å². The number of rotatable bonds is 2. The van der Waals surface area contributed by atoms with E-state index in [9.17, 15) is 9.90 Å². The number of aliphatic hydroxyl groups is 1. The molecule has 5 heteroatoms. The zero-order chi connectivity index (χ0) is 18.0. The van der Waals surface area contributed by atoms with E-state index in [0.29, 0.717) is 23.3 Å². The van der Waals surface area contributed by atoms with Crippen LogP contribution in [0.2, 0.25) is 0 Å². The van der Waals surface area contributed by atoms with Crippen molar-refractivity contribution in [2.75, 3.05) is 0 Å². The number of carbonyl (C=O) groups excluding carboxylic acids is 1. The molecule has 1 heterocycles. The molecule has 3 fully saturated rings. The normalized spacial score (nSPS) is 37.2. The molecule has 3 bridgehead atoms. The van der Waals surface area contributed by atoms with E-state index in [1.807, 2.05) is 11.6 Å². The fourth-order valence-corrected chi connectivity index (χ4v) is 5.86. The third-order valence-electron chi connectivity index (χ3n) is 6.78. The van der Waals surface area contributed by atoms with Crippen LogP contribution in [0.15, 0.2) is 6.20 Å². The first kappa shape index (κ1) is 17.1. The van der Waals surface area contributed by atoms with Crippen LogP contribution in [0, 0.1) is 24.7 Å². The van der Waals surface area contributed by atoms with Gasteiger partial charge in [-0.05, 0) is 84.0 Å². The Morgan fingerprint density at radius 2 is 2.08 bits per heavy atom. The second kappa shape index (κ2) is 5.57. The number of amides is 1. The maximum Gasteiger partial charge on any atom is 0.254 e. The molecule has 5 unspecified atom stereocenters. The number of hydrogen-bond donors (Lipinski definition) is 2. The molecule has 1 aromatic heterocycles. The lowest BCUT2D eigenvalue weighted by Gasteiger charge is -2.33. The predicted molar refractivity (Wildman–Crippen MR) is 96.3 cm³/mol. The van der Waals surface area contributed by atoms with Crippen molar-refractivity contribution in [1.82, 2.24) is 15.1 Å². The third-order valence-corrected chi connectivity index (χ3v) is 6.78. The molecule has 1 amide bonds. The Morgan fingerprint density at radius 3 is 2.76 bits per heavy atom. The van der Waals surface area contributed by atoms with E-state index >= 15 is 0 Å². The van der Waals surface area contributed by atoms with Crippen LogP contribution in [-0.4, -0.2) is 32.4 Å². The topological polar surface area (TPSA) is 67.2 Å². The van der Waals surface area contributed by atoms with Crippen LogP contribution in [0.4, 0.5) is 0 Å². The summed E-state index contributed by atoms with van der Waals surface area (Å²) < 4.78 is 1.92. The Labute approximate surface area is 150 Å². The van der Waals surface area contributed by atoms with E-state index in [0.717, 1.165) is 37.8 Å². The van der Waals surface area contributed by atoms with Crippen molar-refractivity contribution < 1.29 is 9.90 Å². The van der Waals surface area contributed by atoms with Gasteiger partial charge in [0.1, 0.15) is 0 Å². The van der Waals surface area contributed by atoms with E-state index in [1.54, 1.807) is 6.20 Å². The molecule has 25 heavy (non-hydrogen) atoms. The number of hydrogen-bond acceptors (Lipinski definition) is 3. The molecule has 0 aliphatic heterocycles. The molecule has 0 spiro atoms. The Hall–Kier alpha value is -1.36. The van der Waals surface area contributed by atoms with E-state index in [1.165, 1.54) is 6.42 Å². The lowest BCUT2D eigenvalue weighted by atomic mass is 9.77. The maximum atomic E-state index is 12.9. The van der Waals surface area contributed by atoms with Crippen LogP contribution in [0.1, 0.15) is 75.3 Å². The minimum absolute atomic E-state index is 0.00814. The Bertz CT molecular complexity index is 690. The molecule has 0 radical (unpaired) electrons. The summed E-state index contributed by atoms with van der Waals surface area (Å²) in [6, 6.07) is 0.189. The van der Waals surface area contributed by atoms with Crippen molar-refractivity contribution in [3.05, 3.63) is 17.5 Å². The molecule has 3 aliphatic carbocycles. The number of carbonyl (C=O) groups is 1. The molecule has 5 nitrogen and oxygen atoms in total. The molecule has 1 aromatic rings. The highest BCUT2D eigenvalue weighted by atomic mass is 16.3. The Morgan fingerprint density at radius 1 is 1.32 bits per heavy atom. The summed E-state index contributed by atoms with van der Waals surface area (Å²) in [6.07, 6.45) is 7.86. The zero-order valence-electron chi connectivity index (χ0n) is 15.9. The van der Waals surface area contributed by atoms with Gasteiger partial charge in [-0.1, -0.05) is 0 Å². The summed E-state index contributed by atoms with van der Waals surface area (Å²) in [4.78, 5) is 12.9. The van der Waals surface area contributed by atoms with Gasteiger partial charge in [-0.2, -0.15) is 5.10 Å². The first-order chi connectivity index (χ1) is 11.7. The molecule has 4 rings (SSSR count). The van der Waals surface area contributed by atoms with Crippen molar-refractivity contribution in [3.63, 3.8) is 0 Å². The van der Waals surface area contributed by atoms with Crippen LogP contribution in [-0.2, 0) is 5.54 Å². The molecule has 3 saturated carbocycles. The van der Waals surface area contributed by atoms with Gasteiger partial charge in [0.15, 0.2) is 0 Å². The SMILES string of the molecule is Cc1c(C(=O)NC2CCC3CC4CC(O)(C3)CC42)cnn1C(C)(C)C. The number of aromatic nitrogens is 2. The third kappa shape index (κ3) is 2.90. The molecule has 5 atom stereocenters. The standard InChI is InChI=1S/C20H31N3O2/c1-12-16(11-21-23(12)19(2,3)4)18(24)22-17-6-5-13-7-14-9-20(25,8-13)10-15(14)17/h11,13-15,17,25H,5-10H2,1-4H3,(H,22,24). The van der Waals surface area contributed by atoms with E-state index in [4.69, 9.17) is 0 Å². The highest BCUT2D eigenvalue weighted by Gasteiger charge is 2.53. The lowest BCUT2D eigenvalue weighted by molar-refractivity contribution is -0.00594. The van der Waals surface area contributed by atoms with Crippen LogP contribution >= 0.6 is 0 Å². The first-order valence-corrected chi connectivity index (χ1v) is 9.75. The summed E-state index contributed by atoms with van der Waals surface area (Å²) in [7, 11) is 0. The van der Waals surface area contributed by atoms with Crippen molar-refractivity contribution in [3.8, 4) is 0 Å². The van der Waals surface area contributed by atoms with E-state index in [-0.39, 0.29) is 17.5 Å². The average Bonchev–Trinajstić information content (AvgIpc) is 2.96. The maximum absolute atomic E-state index is 12.9. The van der Waals surface area contributed by atoms with Gasteiger partial charge >= 0.3 is 0 Å². The molecule has 3 aliphatic rings. The van der Waals surface area contributed by atoms with Gasteiger partial charge in [0.25, 0.3) is 5.91 Å². The molecule has 0 saturated heterocycles. The molecule has 138 valence electrons. The summed E-state index contributed by atoms with van der Waals surface area (Å²) in [5.41, 5.74) is 1.00. The van der Waals surface area contributed by atoms with Crippen LogP contribution in [0.3, 0.4) is 0 Å². The van der Waals surface area contributed by atoms with Crippen LogP contribution in [0.25, 0.3) is 0 Å². The summed E-state index contributed by atoms with van der Waals surface area (Å²) >= 11 is 0. The highest BCUT2D eigenvalue weighted by molar-refractivity contribution is 5.95. The molecular formula is C20H31N3O2. The van der Waals surface area contributed by atoms with Crippen molar-refractivity contribution in [2.45, 2.75) is 83.4 Å². The fraction of sp³-hybridized carbons (Fsp3) is 0.800. The van der Waals surface area contributed by atoms with Crippen molar-refractivity contribution in [1.29, 1.82) is 0 Å². The van der Waals surface area contributed by atoms with Gasteiger partial charge < -0.3 is 10.4 Å².